The molecule has 0 aliphatic rings. The molecule has 0 saturated heterocycles. The van der Waals surface area contributed by atoms with Crippen LogP contribution in [-0.2, 0) is 0 Å². The molecule has 6 heteroatoms. The van der Waals surface area contributed by atoms with Gasteiger partial charge in [0.05, 0.1) is 22.2 Å². The van der Waals surface area contributed by atoms with E-state index >= 15 is 0 Å². The SMILES string of the molecule is c1ccc(-c2nc(-c3cccc(-c4ccccc4-c4ccccc4-c4nc(-c5ccccc5)c5c(n4)oc4ccccc45)c3)nc3oc4ccccc4c23)cc1. The molecule has 262 valence electrons. The predicted molar refractivity (Wildman–Crippen MR) is 225 cm³/mol. The van der Waals surface area contributed by atoms with Crippen LogP contribution in [-0.4, -0.2) is 19.9 Å². The molecule has 4 aromatic heterocycles. The number of benzene rings is 7. The van der Waals surface area contributed by atoms with Gasteiger partial charge in [0.15, 0.2) is 11.6 Å². The van der Waals surface area contributed by atoms with Crippen molar-refractivity contribution in [2.24, 2.45) is 0 Å². The first-order valence-electron chi connectivity index (χ1n) is 18.6. The molecule has 6 nitrogen and oxygen atoms in total. The minimum absolute atomic E-state index is 0.558. The summed E-state index contributed by atoms with van der Waals surface area (Å²) in [6, 6.07) is 61.7. The maximum Gasteiger partial charge on any atom is 0.231 e. The quantitative estimate of drug-likeness (QED) is 0.170. The van der Waals surface area contributed by atoms with E-state index in [2.05, 4.69) is 103 Å². The zero-order valence-corrected chi connectivity index (χ0v) is 29.9. The van der Waals surface area contributed by atoms with E-state index in [1.54, 1.807) is 0 Å². The van der Waals surface area contributed by atoms with Gasteiger partial charge in [-0.25, -0.2) is 9.97 Å². The second-order valence-corrected chi connectivity index (χ2v) is 13.8. The third kappa shape index (κ3) is 5.27. The molecule has 0 unspecified atom stereocenters. The lowest BCUT2D eigenvalue weighted by atomic mass is 9.91. The molecule has 56 heavy (non-hydrogen) atoms. The van der Waals surface area contributed by atoms with Crippen LogP contribution in [0.1, 0.15) is 0 Å². The number of hydrogen-bond donors (Lipinski definition) is 0. The molecule has 0 N–H and O–H groups in total. The van der Waals surface area contributed by atoms with Gasteiger partial charge in [-0.3, -0.25) is 0 Å². The van der Waals surface area contributed by atoms with Crippen LogP contribution in [0.25, 0.3) is 112 Å². The Kier molecular flexibility index (Phi) is 7.38. The van der Waals surface area contributed by atoms with Gasteiger partial charge in [0.25, 0.3) is 0 Å². The summed E-state index contributed by atoms with van der Waals surface area (Å²) in [6.45, 7) is 0. The lowest BCUT2D eigenvalue weighted by Gasteiger charge is -2.15. The summed E-state index contributed by atoms with van der Waals surface area (Å²) in [6.07, 6.45) is 0. The Labute approximate surface area is 321 Å². The van der Waals surface area contributed by atoms with E-state index in [0.29, 0.717) is 23.1 Å². The van der Waals surface area contributed by atoms with Crippen LogP contribution in [0.4, 0.5) is 0 Å². The van der Waals surface area contributed by atoms with Gasteiger partial charge in [-0.2, -0.15) is 9.97 Å². The Balaban J connectivity index is 1.07. The highest BCUT2D eigenvalue weighted by Gasteiger charge is 2.22. The van der Waals surface area contributed by atoms with Gasteiger partial charge in [-0.15, -0.1) is 0 Å². The molecule has 7 aromatic carbocycles. The number of fused-ring (bicyclic) bond motifs is 6. The number of rotatable bonds is 6. The highest BCUT2D eigenvalue weighted by Crippen LogP contribution is 2.42. The van der Waals surface area contributed by atoms with Crippen molar-refractivity contribution in [1.82, 2.24) is 19.9 Å². The fourth-order valence-corrected chi connectivity index (χ4v) is 7.81. The molecule has 0 radical (unpaired) electrons. The number of para-hydroxylation sites is 2. The van der Waals surface area contributed by atoms with Gasteiger partial charge >= 0.3 is 0 Å². The fourth-order valence-electron chi connectivity index (χ4n) is 7.81. The lowest BCUT2D eigenvalue weighted by molar-refractivity contribution is 0.653. The van der Waals surface area contributed by atoms with Crippen LogP contribution in [0.15, 0.2) is 191 Å². The van der Waals surface area contributed by atoms with Crippen molar-refractivity contribution >= 4 is 44.1 Å². The summed E-state index contributed by atoms with van der Waals surface area (Å²) < 4.78 is 12.7. The third-order valence-corrected chi connectivity index (χ3v) is 10.4. The fraction of sp³-hybridized carbons (Fsp3) is 0. The van der Waals surface area contributed by atoms with Crippen molar-refractivity contribution in [1.29, 1.82) is 0 Å². The van der Waals surface area contributed by atoms with Gasteiger partial charge in [-0.1, -0.05) is 164 Å². The van der Waals surface area contributed by atoms with Crippen molar-refractivity contribution in [3.8, 4) is 67.5 Å². The van der Waals surface area contributed by atoms with Crippen LogP contribution in [0, 0.1) is 0 Å². The standard InChI is InChI=1S/C50H30N4O2/c1-3-16-31(17-4-1)45-43-39-26-11-13-28-41(39)55-49(43)53-47(51-45)34-21-15-20-33(30-34)35-22-7-8-23-36(35)37-24-9-10-25-38(37)48-52-46(32-18-5-2-6-19-32)44-40-27-12-14-29-42(40)56-50(44)54-48/h1-30H. The largest absolute Gasteiger partial charge is 0.438 e. The molecular formula is C50H30N4O2. The Hall–Kier alpha value is -7.70. The highest BCUT2D eigenvalue weighted by molar-refractivity contribution is 6.12. The molecule has 11 aromatic rings. The average molecular weight is 719 g/mol. The molecular weight excluding hydrogens is 689 g/mol. The average Bonchev–Trinajstić information content (AvgIpc) is 3.85. The molecule has 0 saturated carbocycles. The Bertz CT molecular complexity index is 3260. The molecule has 0 spiro atoms. The third-order valence-electron chi connectivity index (χ3n) is 10.4. The van der Waals surface area contributed by atoms with E-state index in [4.69, 9.17) is 28.8 Å². The summed E-state index contributed by atoms with van der Waals surface area (Å²) in [5.74, 6) is 1.19. The minimum atomic E-state index is 0.558. The van der Waals surface area contributed by atoms with Crippen molar-refractivity contribution in [2.45, 2.75) is 0 Å². The molecule has 0 amide bonds. The summed E-state index contributed by atoms with van der Waals surface area (Å²) in [5, 5.41) is 3.80. The van der Waals surface area contributed by atoms with E-state index in [1.165, 1.54) is 0 Å². The second-order valence-electron chi connectivity index (χ2n) is 13.8. The van der Waals surface area contributed by atoms with Crippen molar-refractivity contribution in [3.05, 3.63) is 182 Å². The van der Waals surface area contributed by atoms with Crippen molar-refractivity contribution in [3.63, 3.8) is 0 Å². The van der Waals surface area contributed by atoms with E-state index in [9.17, 15) is 0 Å². The van der Waals surface area contributed by atoms with Crippen LogP contribution in [0.5, 0.6) is 0 Å². The zero-order valence-electron chi connectivity index (χ0n) is 29.9. The van der Waals surface area contributed by atoms with Crippen molar-refractivity contribution < 1.29 is 8.83 Å². The molecule has 4 heterocycles. The van der Waals surface area contributed by atoms with Gasteiger partial charge in [0.2, 0.25) is 11.4 Å². The van der Waals surface area contributed by atoms with Gasteiger partial charge < -0.3 is 8.83 Å². The van der Waals surface area contributed by atoms with Crippen LogP contribution in [0.2, 0.25) is 0 Å². The second kappa shape index (κ2) is 13.0. The van der Waals surface area contributed by atoms with Crippen LogP contribution in [0.3, 0.4) is 0 Å². The molecule has 0 fully saturated rings. The van der Waals surface area contributed by atoms with Gasteiger partial charge in [0.1, 0.15) is 11.2 Å². The first-order valence-corrected chi connectivity index (χ1v) is 18.6. The number of aromatic nitrogens is 4. The van der Waals surface area contributed by atoms with E-state index in [0.717, 1.165) is 88.6 Å². The first kappa shape index (κ1) is 31.8. The summed E-state index contributed by atoms with van der Waals surface area (Å²) in [5.41, 5.74) is 12.3. The Morgan fingerprint density at radius 1 is 0.304 bits per heavy atom. The highest BCUT2D eigenvalue weighted by atomic mass is 16.3. The molecule has 0 bridgehead atoms. The predicted octanol–water partition coefficient (Wildman–Crippen LogP) is 13.1. The summed E-state index contributed by atoms with van der Waals surface area (Å²) >= 11 is 0. The maximum absolute atomic E-state index is 6.38. The number of hydrogen-bond acceptors (Lipinski definition) is 6. The smallest absolute Gasteiger partial charge is 0.231 e. The molecule has 11 rings (SSSR count). The Morgan fingerprint density at radius 2 is 0.732 bits per heavy atom. The Morgan fingerprint density at radius 3 is 1.34 bits per heavy atom. The van der Waals surface area contributed by atoms with Crippen LogP contribution < -0.4 is 0 Å². The topological polar surface area (TPSA) is 77.8 Å². The van der Waals surface area contributed by atoms with E-state index in [-0.39, 0.29) is 0 Å². The monoisotopic (exact) mass is 718 g/mol. The van der Waals surface area contributed by atoms with Gasteiger partial charge in [0, 0.05) is 33.0 Å². The summed E-state index contributed by atoms with van der Waals surface area (Å²) in [7, 11) is 0. The molecule has 0 aliphatic carbocycles. The number of furan rings is 2. The molecule has 0 aliphatic heterocycles. The number of nitrogens with zero attached hydrogens (tertiary/aromatic N) is 4. The lowest BCUT2D eigenvalue weighted by Crippen LogP contribution is -1.96. The van der Waals surface area contributed by atoms with E-state index < -0.39 is 0 Å². The summed E-state index contributed by atoms with van der Waals surface area (Å²) in [4.78, 5) is 20.6. The maximum atomic E-state index is 6.38. The van der Waals surface area contributed by atoms with Gasteiger partial charge in [-0.05, 0) is 40.5 Å². The van der Waals surface area contributed by atoms with Crippen LogP contribution >= 0.6 is 0 Å². The van der Waals surface area contributed by atoms with E-state index in [1.807, 2.05) is 78.9 Å². The zero-order chi connectivity index (χ0) is 37.0. The molecule has 0 atom stereocenters. The normalized spacial score (nSPS) is 11.6. The first-order chi connectivity index (χ1) is 27.8. The van der Waals surface area contributed by atoms with Crippen molar-refractivity contribution in [2.75, 3.05) is 0 Å². The minimum Gasteiger partial charge on any atom is -0.438 e.